The SMILES string of the molecule is CCCCCCC(C)C1=CCC=C1. The molecular formula is C13H22. The second-order valence-corrected chi connectivity index (χ2v) is 4.09. The zero-order valence-electron chi connectivity index (χ0n) is 9.05. The topological polar surface area (TPSA) is 0 Å². The molecule has 0 fully saturated rings. The highest BCUT2D eigenvalue weighted by molar-refractivity contribution is 5.27. The lowest BCUT2D eigenvalue weighted by atomic mass is 9.95. The molecule has 0 aromatic rings. The van der Waals surface area contributed by atoms with E-state index in [1.807, 2.05) is 0 Å². The van der Waals surface area contributed by atoms with Crippen LogP contribution in [0, 0.1) is 5.92 Å². The minimum atomic E-state index is 0.788. The van der Waals surface area contributed by atoms with Gasteiger partial charge in [-0.1, -0.05) is 57.8 Å². The molecule has 74 valence electrons. The maximum Gasteiger partial charge on any atom is -0.0160 e. The van der Waals surface area contributed by atoms with Crippen molar-refractivity contribution in [3.8, 4) is 0 Å². The predicted molar refractivity (Wildman–Crippen MR) is 59.8 cm³/mol. The van der Waals surface area contributed by atoms with Crippen molar-refractivity contribution in [2.45, 2.75) is 52.4 Å². The fraction of sp³-hybridized carbons (Fsp3) is 0.692. The van der Waals surface area contributed by atoms with Crippen molar-refractivity contribution in [1.82, 2.24) is 0 Å². The van der Waals surface area contributed by atoms with Crippen LogP contribution >= 0.6 is 0 Å². The molecule has 13 heavy (non-hydrogen) atoms. The van der Waals surface area contributed by atoms with Crippen LogP contribution in [0.15, 0.2) is 23.8 Å². The number of allylic oxidation sites excluding steroid dienone is 4. The summed E-state index contributed by atoms with van der Waals surface area (Å²) in [5.74, 6) is 0.788. The molecule has 0 aromatic carbocycles. The first-order valence-electron chi connectivity index (χ1n) is 5.71. The highest BCUT2D eigenvalue weighted by atomic mass is 14.1. The molecule has 0 amide bonds. The fourth-order valence-corrected chi connectivity index (χ4v) is 1.89. The molecular weight excluding hydrogens is 156 g/mol. The van der Waals surface area contributed by atoms with Crippen molar-refractivity contribution in [1.29, 1.82) is 0 Å². The van der Waals surface area contributed by atoms with Crippen LogP contribution in [0.2, 0.25) is 0 Å². The van der Waals surface area contributed by atoms with Gasteiger partial charge in [-0.3, -0.25) is 0 Å². The Morgan fingerprint density at radius 2 is 2.15 bits per heavy atom. The molecule has 1 unspecified atom stereocenters. The van der Waals surface area contributed by atoms with Gasteiger partial charge in [-0.2, -0.15) is 0 Å². The smallest absolute Gasteiger partial charge is 0.0160 e. The molecule has 0 saturated heterocycles. The highest BCUT2D eigenvalue weighted by Crippen LogP contribution is 2.23. The van der Waals surface area contributed by atoms with Gasteiger partial charge in [-0.25, -0.2) is 0 Å². The zero-order valence-corrected chi connectivity index (χ0v) is 9.05. The molecule has 0 heteroatoms. The lowest BCUT2D eigenvalue weighted by Crippen LogP contribution is -1.96. The van der Waals surface area contributed by atoms with Crippen molar-refractivity contribution >= 4 is 0 Å². The van der Waals surface area contributed by atoms with Crippen molar-refractivity contribution in [2.75, 3.05) is 0 Å². The normalized spacial score (nSPS) is 17.5. The summed E-state index contributed by atoms with van der Waals surface area (Å²) in [5.41, 5.74) is 1.57. The largest absolute Gasteiger partial charge is 0.0805 e. The monoisotopic (exact) mass is 178 g/mol. The Morgan fingerprint density at radius 3 is 2.77 bits per heavy atom. The highest BCUT2D eigenvalue weighted by Gasteiger charge is 2.07. The van der Waals surface area contributed by atoms with E-state index in [1.165, 1.54) is 32.1 Å². The van der Waals surface area contributed by atoms with Crippen LogP contribution in [0.5, 0.6) is 0 Å². The lowest BCUT2D eigenvalue weighted by Gasteiger charge is -2.10. The van der Waals surface area contributed by atoms with Gasteiger partial charge in [-0.15, -0.1) is 0 Å². The van der Waals surface area contributed by atoms with E-state index in [-0.39, 0.29) is 0 Å². The molecule has 0 heterocycles. The first-order chi connectivity index (χ1) is 6.34. The summed E-state index contributed by atoms with van der Waals surface area (Å²) in [6.07, 6.45) is 15.0. The zero-order chi connectivity index (χ0) is 9.52. The van der Waals surface area contributed by atoms with E-state index in [0.717, 1.165) is 12.3 Å². The molecule has 0 N–H and O–H groups in total. The van der Waals surface area contributed by atoms with E-state index < -0.39 is 0 Å². The van der Waals surface area contributed by atoms with Gasteiger partial charge in [-0.05, 0) is 24.3 Å². The second-order valence-electron chi connectivity index (χ2n) is 4.09. The van der Waals surface area contributed by atoms with Crippen molar-refractivity contribution in [2.24, 2.45) is 5.92 Å². The minimum Gasteiger partial charge on any atom is -0.0805 e. The van der Waals surface area contributed by atoms with E-state index in [9.17, 15) is 0 Å². The molecule has 0 nitrogen and oxygen atoms in total. The van der Waals surface area contributed by atoms with E-state index in [1.54, 1.807) is 5.57 Å². The molecule has 0 saturated carbocycles. The first kappa shape index (κ1) is 10.6. The van der Waals surface area contributed by atoms with E-state index >= 15 is 0 Å². The maximum atomic E-state index is 2.37. The molecule has 0 bridgehead atoms. The number of hydrogen-bond acceptors (Lipinski definition) is 0. The summed E-state index contributed by atoms with van der Waals surface area (Å²) >= 11 is 0. The standard InChI is InChI=1S/C13H22/c1-3-4-5-6-9-12(2)13-10-7-8-11-13/h7,10-12H,3-6,8-9H2,1-2H3. The number of hydrogen-bond donors (Lipinski definition) is 0. The van der Waals surface area contributed by atoms with Crippen molar-refractivity contribution in [3.05, 3.63) is 23.8 Å². The summed E-state index contributed by atoms with van der Waals surface area (Å²) in [6.45, 7) is 4.62. The van der Waals surface area contributed by atoms with Crippen molar-refractivity contribution < 1.29 is 0 Å². The average Bonchev–Trinajstić information content (AvgIpc) is 2.65. The van der Waals surface area contributed by atoms with Gasteiger partial charge in [0, 0.05) is 0 Å². The average molecular weight is 178 g/mol. The van der Waals surface area contributed by atoms with E-state index in [2.05, 4.69) is 32.1 Å². The maximum absolute atomic E-state index is 2.37. The van der Waals surface area contributed by atoms with Gasteiger partial charge in [0.1, 0.15) is 0 Å². The Bertz CT molecular complexity index is 186. The number of rotatable bonds is 6. The molecule has 1 rings (SSSR count). The number of unbranched alkanes of at least 4 members (excludes halogenated alkanes) is 3. The first-order valence-corrected chi connectivity index (χ1v) is 5.71. The third-order valence-corrected chi connectivity index (χ3v) is 2.86. The van der Waals surface area contributed by atoms with E-state index in [4.69, 9.17) is 0 Å². The van der Waals surface area contributed by atoms with Gasteiger partial charge in [0.25, 0.3) is 0 Å². The third-order valence-electron chi connectivity index (χ3n) is 2.86. The Balaban J connectivity index is 2.10. The summed E-state index contributed by atoms with van der Waals surface area (Å²) < 4.78 is 0. The van der Waals surface area contributed by atoms with Gasteiger partial charge < -0.3 is 0 Å². The third kappa shape index (κ3) is 3.80. The van der Waals surface area contributed by atoms with Gasteiger partial charge >= 0.3 is 0 Å². The van der Waals surface area contributed by atoms with Gasteiger partial charge in [0.15, 0.2) is 0 Å². The van der Waals surface area contributed by atoms with Gasteiger partial charge in [0.05, 0.1) is 0 Å². The summed E-state index contributed by atoms with van der Waals surface area (Å²) in [5, 5.41) is 0. The van der Waals surface area contributed by atoms with Crippen LogP contribution in [0.1, 0.15) is 52.4 Å². The molecule has 1 aliphatic carbocycles. The van der Waals surface area contributed by atoms with Crippen LogP contribution < -0.4 is 0 Å². The van der Waals surface area contributed by atoms with Crippen LogP contribution in [-0.4, -0.2) is 0 Å². The summed E-state index contributed by atoms with van der Waals surface area (Å²) in [6, 6.07) is 0. The Labute approximate surface area is 82.7 Å². The molecule has 0 aromatic heterocycles. The molecule has 0 radical (unpaired) electrons. The Hall–Kier alpha value is -0.520. The molecule has 0 spiro atoms. The Kier molecular flexibility index (Phi) is 4.88. The van der Waals surface area contributed by atoms with Crippen LogP contribution in [0.3, 0.4) is 0 Å². The second kappa shape index (κ2) is 6.01. The molecule has 1 aliphatic rings. The van der Waals surface area contributed by atoms with Crippen LogP contribution in [0.4, 0.5) is 0 Å². The Morgan fingerprint density at radius 1 is 1.31 bits per heavy atom. The van der Waals surface area contributed by atoms with Crippen molar-refractivity contribution in [3.63, 3.8) is 0 Å². The lowest BCUT2D eigenvalue weighted by molar-refractivity contribution is 0.549. The predicted octanol–water partition coefficient (Wildman–Crippen LogP) is 4.48. The molecule has 1 atom stereocenters. The van der Waals surface area contributed by atoms with Gasteiger partial charge in [0.2, 0.25) is 0 Å². The summed E-state index contributed by atoms with van der Waals surface area (Å²) in [4.78, 5) is 0. The van der Waals surface area contributed by atoms with Crippen LogP contribution in [-0.2, 0) is 0 Å². The van der Waals surface area contributed by atoms with Crippen LogP contribution in [0.25, 0.3) is 0 Å². The fourth-order valence-electron chi connectivity index (χ4n) is 1.89. The molecule has 0 aliphatic heterocycles. The van der Waals surface area contributed by atoms with E-state index in [0.29, 0.717) is 0 Å². The minimum absolute atomic E-state index is 0.788. The summed E-state index contributed by atoms with van der Waals surface area (Å²) in [7, 11) is 0. The quantitative estimate of drug-likeness (QED) is 0.526.